The number of methoxy groups -OCH3 is 2. The average Bonchev–Trinajstić information content (AvgIpc) is 3.18. The van der Waals surface area contributed by atoms with Crippen LogP contribution in [-0.4, -0.2) is 30.3 Å². The number of ether oxygens (including phenoxy) is 2. The van der Waals surface area contributed by atoms with Gasteiger partial charge < -0.3 is 14.8 Å². The number of halogens is 4. The van der Waals surface area contributed by atoms with Crippen molar-refractivity contribution in [2.24, 2.45) is 0 Å². The third-order valence-electron chi connectivity index (χ3n) is 4.04. The molecule has 3 aromatic rings. The Bertz CT molecular complexity index is 1050. The molecular formula is C19H15ClF3N3O3. The molecule has 0 spiro atoms. The highest BCUT2D eigenvalue weighted by molar-refractivity contribution is 6.31. The Morgan fingerprint density at radius 3 is 2.52 bits per heavy atom. The Morgan fingerprint density at radius 1 is 1.10 bits per heavy atom. The molecule has 0 aliphatic rings. The molecular weight excluding hydrogens is 411 g/mol. The largest absolute Gasteiger partial charge is 0.497 e. The second-order valence-corrected chi connectivity index (χ2v) is 6.29. The molecule has 1 heterocycles. The molecule has 2 aromatic carbocycles. The number of benzene rings is 2. The van der Waals surface area contributed by atoms with Crippen LogP contribution in [-0.2, 0) is 6.18 Å². The summed E-state index contributed by atoms with van der Waals surface area (Å²) in [4.78, 5) is 12.4. The fraction of sp³-hybridized carbons (Fsp3) is 0.158. The molecule has 3 rings (SSSR count). The van der Waals surface area contributed by atoms with E-state index in [1.54, 1.807) is 18.2 Å². The maximum absolute atomic E-state index is 13.0. The summed E-state index contributed by atoms with van der Waals surface area (Å²) in [6.07, 6.45) is -4.64. The zero-order chi connectivity index (χ0) is 21.2. The molecule has 0 saturated carbocycles. The molecule has 0 atom stereocenters. The normalized spacial score (nSPS) is 11.2. The molecule has 1 aromatic heterocycles. The summed E-state index contributed by atoms with van der Waals surface area (Å²) in [5, 5.41) is 8.58. The van der Waals surface area contributed by atoms with E-state index in [4.69, 9.17) is 21.1 Å². The van der Waals surface area contributed by atoms with E-state index in [2.05, 4.69) is 15.5 Å². The lowest BCUT2D eigenvalue weighted by Gasteiger charge is -2.11. The first-order valence-electron chi connectivity index (χ1n) is 8.19. The number of hydrogen-bond acceptors (Lipinski definition) is 4. The molecule has 152 valence electrons. The zero-order valence-corrected chi connectivity index (χ0v) is 16.0. The SMILES string of the molecule is COc1ccc(-c2cc(C(=O)Nc3ccc(Cl)c(C(F)(F)F)c3)[nH]n2)c(OC)c1. The molecule has 0 fully saturated rings. The number of carbonyl (C=O) groups excluding carboxylic acids is 1. The summed E-state index contributed by atoms with van der Waals surface area (Å²) >= 11 is 5.59. The maximum atomic E-state index is 13.0. The zero-order valence-electron chi connectivity index (χ0n) is 15.2. The number of amides is 1. The van der Waals surface area contributed by atoms with Gasteiger partial charge in [-0.1, -0.05) is 11.6 Å². The van der Waals surface area contributed by atoms with Crippen LogP contribution in [0.1, 0.15) is 16.1 Å². The number of carbonyl (C=O) groups is 1. The number of alkyl halides is 3. The standard InChI is InChI=1S/C19H15ClF3N3O3/c1-28-11-4-5-12(17(8-11)29-2)15-9-16(26-25-15)18(27)24-10-3-6-14(20)13(7-10)19(21,22)23/h3-9H,1-2H3,(H,24,27)(H,25,26). The lowest BCUT2D eigenvalue weighted by atomic mass is 10.1. The minimum Gasteiger partial charge on any atom is -0.497 e. The summed E-state index contributed by atoms with van der Waals surface area (Å²) in [7, 11) is 3.00. The van der Waals surface area contributed by atoms with E-state index in [9.17, 15) is 18.0 Å². The molecule has 0 radical (unpaired) electrons. The van der Waals surface area contributed by atoms with E-state index < -0.39 is 22.7 Å². The quantitative estimate of drug-likeness (QED) is 0.602. The fourth-order valence-corrected chi connectivity index (χ4v) is 2.83. The fourth-order valence-electron chi connectivity index (χ4n) is 2.60. The molecule has 29 heavy (non-hydrogen) atoms. The van der Waals surface area contributed by atoms with Gasteiger partial charge in [0.15, 0.2) is 0 Å². The van der Waals surface area contributed by atoms with Gasteiger partial charge >= 0.3 is 6.18 Å². The third kappa shape index (κ3) is 4.45. The molecule has 6 nitrogen and oxygen atoms in total. The van der Waals surface area contributed by atoms with Crippen LogP contribution in [0.2, 0.25) is 5.02 Å². The first kappa shape index (κ1) is 20.5. The van der Waals surface area contributed by atoms with Crippen LogP contribution < -0.4 is 14.8 Å². The molecule has 10 heteroatoms. The molecule has 0 saturated heterocycles. The van der Waals surface area contributed by atoms with Crippen molar-refractivity contribution in [2.75, 3.05) is 19.5 Å². The van der Waals surface area contributed by atoms with Gasteiger partial charge in [-0.3, -0.25) is 9.89 Å². The summed E-state index contributed by atoms with van der Waals surface area (Å²) < 4.78 is 49.4. The number of nitrogens with one attached hydrogen (secondary N) is 2. The summed E-state index contributed by atoms with van der Waals surface area (Å²) in [5.74, 6) is 0.407. The van der Waals surface area contributed by atoms with Crippen molar-refractivity contribution >= 4 is 23.2 Å². The Morgan fingerprint density at radius 2 is 1.86 bits per heavy atom. The van der Waals surface area contributed by atoms with Gasteiger partial charge in [0.1, 0.15) is 17.2 Å². The van der Waals surface area contributed by atoms with Crippen molar-refractivity contribution in [2.45, 2.75) is 6.18 Å². The van der Waals surface area contributed by atoms with Crippen molar-refractivity contribution in [3.05, 3.63) is 58.7 Å². The minimum absolute atomic E-state index is 0.0510. The van der Waals surface area contributed by atoms with Gasteiger partial charge in [0.05, 0.1) is 30.5 Å². The predicted octanol–water partition coefficient (Wildman–Crippen LogP) is 5.02. The molecule has 2 N–H and O–H groups in total. The van der Waals surface area contributed by atoms with Crippen LogP contribution in [0.25, 0.3) is 11.3 Å². The molecule has 1 amide bonds. The Hall–Kier alpha value is -3.20. The summed E-state index contributed by atoms with van der Waals surface area (Å²) in [5.41, 5.74) is -0.00675. The van der Waals surface area contributed by atoms with Crippen molar-refractivity contribution in [1.82, 2.24) is 10.2 Å². The molecule has 0 aliphatic heterocycles. The highest BCUT2D eigenvalue weighted by Crippen LogP contribution is 2.36. The smallest absolute Gasteiger partial charge is 0.417 e. The minimum atomic E-state index is -4.64. The first-order valence-corrected chi connectivity index (χ1v) is 8.56. The lowest BCUT2D eigenvalue weighted by Crippen LogP contribution is -2.14. The van der Waals surface area contributed by atoms with Crippen LogP contribution in [0.3, 0.4) is 0 Å². The number of nitrogens with zero attached hydrogens (tertiary/aromatic N) is 1. The average molecular weight is 426 g/mol. The van der Waals surface area contributed by atoms with E-state index in [0.717, 1.165) is 12.1 Å². The van der Waals surface area contributed by atoms with Crippen LogP contribution in [0.15, 0.2) is 42.5 Å². The summed E-state index contributed by atoms with van der Waals surface area (Å²) in [6.45, 7) is 0. The Labute approximate surface area is 168 Å². The van der Waals surface area contributed by atoms with E-state index in [0.29, 0.717) is 22.8 Å². The topological polar surface area (TPSA) is 76.2 Å². The highest BCUT2D eigenvalue weighted by Gasteiger charge is 2.33. The number of aromatic amines is 1. The summed E-state index contributed by atoms with van der Waals surface area (Å²) in [6, 6.07) is 9.66. The van der Waals surface area contributed by atoms with Gasteiger partial charge in [-0.2, -0.15) is 18.3 Å². The monoisotopic (exact) mass is 425 g/mol. The van der Waals surface area contributed by atoms with Gasteiger partial charge in [0, 0.05) is 17.3 Å². The lowest BCUT2D eigenvalue weighted by molar-refractivity contribution is -0.137. The van der Waals surface area contributed by atoms with Gasteiger partial charge in [-0.05, 0) is 36.4 Å². The number of rotatable bonds is 5. The van der Waals surface area contributed by atoms with Crippen molar-refractivity contribution in [3.63, 3.8) is 0 Å². The van der Waals surface area contributed by atoms with Crippen LogP contribution in [0.4, 0.5) is 18.9 Å². The molecule has 0 bridgehead atoms. The van der Waals surface area contributed by atoms with E-state index in [-0.39, 0.29) is 11.4 Å². The second kappa shape index (κ2) is 8.04. The van der Waals surface area contributed by atoms with E-state index >= 15 is 0 Å². The maximum Gasteiger partial charge on any atom is 0.417 e. The second-order valence-electron chi connectivity index (χ2n) is 5.88. The predicted molar refractivity (Wildman–Crippen MR) is 102 cm³/mol. The first-order chi connectivity index (χ1) is 13.7. The third-order valence-corrected chi connectivity index (χ3v) is 4.37. The number of aromatic nitrogens is 2. The Kier molecular flexibility index (Phi) is 5.69. The highest BCUT2D eigenvalue weighted by atomic mass is 35.5. The number of H-pyrrole nitrogens is 1. The number of hydrogen-bond donors (Lipinski definition) is 2. The van der Waals surface area contributed by atoms with Crippen molar-refractivity contribution in [3.8, 4) is 22.8 Å². The van der Waals surface area contributed by atoms with Crippen molar-refractivity contribution in [1.29, 1.82) is 0 Å². The van der Waals surface area contributed by atoms with Gasteiger partial charge in [-0.25, -0.2) is 0 Å². The van der Waals surface area contributed by atoms with E-state index in [1.807, 2.05) is 0 Å². The molecule has 0 aliphatic carbocycles. The number of anilines is 1. The van der Waals surface area contributed by atoms with E-state index in [1.165, 1.54) is 26.4 Å². The van der Waals surface area contributed by atoms with Crippen molar-refractivity contribution < 1.29 is 27.4 Å². The Balaban J connectivity index is 1.84. The van der Waals surface area contributed by atoms with Gasteiger partial charge in [-0.15, -0.1) is 0 Å². The van der Waals surface area contributed by atoms with Crippen LogP contribution in [0.5, 0.6) is 11.5 Å². The molecule has 0 unspecified atom stereocenters. The van der Waals surface area contributed by atoms with Crippen LogP contribution in [0, 0.1) is 0 Å². The van der Waals surface area contributed by atoms with Gasteiger partial charge in [0.2, 0.25) is 0 Å². The van der Waals surface area contributed by atoms with Crippen LogP contribution >= 0.6 is 11.6 Å². The van der Waals surface area contributed by atoms with Gasteiger partial charge in [0.25, 0.3) is 5.91 Å².